The van der Waals surface area contributed by atoms with E-state index in [4.69, 9.17) is 28.9 Å². The Morgan fingerprint density at radius 1 is 1.10 bits per heavy atom. The lowest BCUT2D eigenvalue weighted by Gasteiger charge is -2.18. The van der Waals surface area contributed by atoms with Gasteiger partial charge in [-0.25, -0.2) is 4.98 Å². The van der Waals surface area contributed by atoms with E-state index in [9.17, 15) is 0 Å². The Bertz CT molecular complexity index is 824. The van der Waals surface area contributed by atoms with Crippen LogP contribution in [0.1, 0.15) is 0 Å². The zero-order valence-electron chi connectivity index (χ0n) is 11.6. The van der Waals surface area contributed by atoms with Crippen molar-refractivity contribution in [2.75, 3.05) is 24.7 Å². The predicted molar refractivity (Wildman–Crippen MR) is 89.8 cm³/mol. The highest BCUT2D eigenvalue weighted by atomic mass is 35.5. The standard InChI is InChI=1S/C15H14Cl2N4/c1-20(2)12-5-3-4-6-13(12)21-14-8-10(17)9(16)7-11(14)19-15(21)18/h3-8H,1-2H3,(H2,18,19). The lowest BCUT2D eigenvalue weighted by Crippen LogP contribution is -2.13. The predicted octanol–water partition coefficient (Wildman–Crippen LogP) is 3.98. The highest BCUT2D eigenvalue weighted by Gasteiger charge is 2.15. The van der Waals surface area contributed by atoms with Crippen LogP contribution in [0.4, 0.5) is 11.6 Å². The number of nitrogens with two attached hydrogens (primary N) is 1. The van der Waals surface area contributed by atoms with Crippen molar-refractivity contribution < 1.29 is 0 Å². The second-order valence-electron chi connectivity index (χ2n) is 4.94. The van der Waals surface area contributed by atoms with Gasteiger partial charge in [-0.1, -0.05) is 35.3 Å². The Morgan fingerprint density at radius 3 is 2.48 bits per heavy atom. The fourth-order valence-corrected chi connectivity index (χ4v) is 2.69. The largest absolute Gasteiger partial charge is 0.376 e. The third-order valence-electron chi connectivity index (χ3n) is 3.33. The summed E-state index contributed by atoms with van der Waals surface area (Å²) in [5.41, 5.74) is 9.63. The maximum Gasteiger partial charge on any atom is 0.206 e. The van der Waals surface area contributed by atoms with Crippen molar-refractivity contribution in [2.24, 2.45) is 0 Å². The number of para-hydroxylation sites is 2. The molecule has 0 saturated carbocycles. The first kappa shape index (κ1) is 14.0. The molecule has 4 nitrogen and oxygen atoms in total. The normalized spacial score (nSPS) is 11.0. The molecule has 0 saturated heterocycles. The summed E-state index contributed by atoms with van der Waals surface area (Å²) in [6, 6.07) is 11.5. The van der Waals surface area contributed by atoms with Gasteiger partial charge in [0.05, 0.1) is 32.5 Å². The van der Waals surface area contributed by atoms with Gasteiger partial charge in [-0.15, -0.1) is 0 Å². The summed E-state index contributed by atoms with van der Waals surface area (Å²) in [6.07, 6.45) is 0. The summed E-state index contributed by atoms with van der Waals surface area (Å²) in [5.74, 6) is 0.401. The van der Waals surface area contributed by atoms with Crippen LogP contribution in [0.3, 0.4) is 0 Å². The minimum absolute atomic E-state index is 0.401. The molecule has 3 rings (SSSR count). The Morgan fingerprint density at radius 2 is 1.76 bits per heavy atom. The lowest BCUT2D eigenvalue weighted by atomic mass is 10.2. The van der Waals surface area contributed by atoms with E-state index < -0.39 is 0 Å². The first-order chi connectivity index (χ1) is 9.99. The minimum Gasteiger partial charge on any atom is -0.376 e. The number of aromatic nitrogens is 2. The maximum atomic E-state index is 6.13. The Hall–Kier alpha value is -1.91. The summed E-state index contributed by atoms with van der Waals surface area (Å²) >= 11 is 12.2. The molecular weight excluding hydrogens is 307 g/mol. The van der Waals surface area contributed by atoms with Gasteiger partial charge in [0, 0.05) is 14.1 Å². The molecule has 0 aliphatic heterocycles. The molecule has 0 bridgehead atoms. The van der Waals surface area contributed by atoms with E-state index in [-0.39, 0.29) is 0 Å². The van der Waals surface area contributed by atoms with Gasteiger partial charge in [0.25, 0.3) is 0 Å². The monoisotopic (exact) mass is 320 g/mol. The molecule has 21 heavy (non-hydrogen) atoms. The molecule has 6 heteroatoms. The van der Waals surface area contributed by atoms with Gasteiger partial charge >= 0.3 is 0 Å². The summed E-state index contributed by atoms with van der Waals surface area (Å²) in [6.45, 7) is 0. The van der Waals surface area contributed by atoms with E-state index in [1.165, 1.54) is 0 Å². The Labute approximate surface area is 132 Å². The van der Waals surface area contributed by atoms with Crippen molar-refractivity contribution in [3.63, 3.8) is 0 Å². The molecule has 108 valence electrons. The van der Waals surface area contributed by atoms with Crippen LogP contribution in [-0.4, -0.2) is 23.6 Å². The number of benzene rings is 2. The van der Waals surface area contributed by atoms with Crippen LogP contribution in [-0.2, 0) is 0 Å². The molecule has 0 unspecified atom stereocenters. The van der Waals surface area contributed by atoms with Crippen LogP contribution in [0.25, 0.3) is 16.7 Å². The van der Waals surface area contributed by atoms with E-state index in [2.05, 4.69) is 4.98 Å². The van der Waals surface area contributed by atoms with Gasteiger partial charge in [-0.2, -0.15) is 0 Å². The topological polar surface area (TPSA) is 47.1 Å². The number of nitrogens with zero attached hydrogens (tertiary/aromatic N) is 3. The fraction of sp³-hybridized carbons (Fsp3) is 0.133. The number of anilines is 2. The number of hydrogen-bond donors (Lipinski definition) is 1. The van der Waals surface area contributed by atoms with E-state index in [0.717, 1.165) is 22.4 Å². The highest BCUT2D eigenvalue weighted by Crippen LogP contribution is 2.33. The minimum atomic E-state index is 0.401. The molecule has 1 aromatic heterocycles. The van der Waals surface area contributed by atoms with Crippen molar-refractivity contribution in [3.05, 3.63) is 46.4 Å². The van der Waals surface area contributed by atoms with Gasteiger partial charge in [0.15, 0.2) is 0 Å². The summed E-state index contributed by atoms with van der Waals surface area (Å²) in [7, 11) is 3.97. The van der Waals surface area contributed by atoms with Crippen LogP contribution in [0.5, 0.6) is 0 Å². The van der Waals surface area contributed by atoms with Crippen molar-refractivity contribution in [3.8, 4) is 5.69 Å². The SMILES string of the molecule is CN(C)c1ccccc1-n1c(N)nc2cc(Cl)c(Cl)cc21. The number of hydrogen-bond acceptors (Lipinski definition) is 3. The average molecular weight is 321 g/mol. The Kier molecular flexibility index (Phi) is 3.43. The van der Waals surface area contributed by atoms with Crippen molar-refractivity contribution in [1.29, 1.82) is 0 Å². The van der Waals surface area contributed by atoms with Gasteiger partial charge in [-0.05, 0) is 24.3 Å². The van der Waals surface area contributed by atoms with Gasteiger partial charge in [0.1, 0.15) is 0 Å². The molecular formula is C15H14Cl2N4. The fourth-order valence-electron chi connectivity index (χ4n) is 2.38. The molecule has 2 aromatic carbocycles. The van der Waals surface area contributed by atoms with Crippen LogP contribution < -0.4 is 10.6 Å². The average Bonchev–Trinajstić information content (AvgIpc) is 2.74. The Balaban J connectivity index is 2.35. The zero-order valence-corrected chi connectivity index (χ0v) is 13.2. The van der Waals surface area contributed by atoms with E-state index in [1.54, 1.807) is 12.1 Å². The number of halogens is 2. The van der Waals surface area contributed by atoms with E-state index in [0.29, 0.717) is 16.0 Å². The second kappa shape index (κ2) is 5.13. The maximum absolute atomic E-state index is 6.13. The molecule has 3 aromatic rings. The lowest BCUT2D eigenvalue weighted by molar-refractivity contribution is 1.06. The molecule has 0 aliphatic rings. The molecule has 1 heterocycles. The van der Waals surface area contributed by atoms with Crippen molar-refractivity contribution in [1.82, 2.24) is 9.55 Å². The van der Waals surface area contributed by atoms with Crippen LogP contribution >= 0.6 is 23.2 Å². The number of imidazole rings is 1. The molecule has 2 N–H and O–H groups in total. The number of fused-ring (bicyclic) bond motifs is 1. The van der Waals surface area contributed by atoms with Gasteiger partial charge < -0.3 is 10.6 Å². The van der Waals surface area contributed by atoms with Crippen molar-refractivity contribution in [2.45, 2.75) is 0 Å². The molecule has 0 amide bonds. The third-order valence-corrected chi connectivity index (χ3v) is 4.05. The van der Waals surface area contributed by atoms with Crippen LogP contribution in [0, 0.1) is 0 Å². The molecule has 0 radical (unpaired) electrons. The molecule has 0 atom stereocenters. The summed E-state index contributed by atoms with van der Waals surface area (Å²) < 4.78 is 1.88. The van der Waals surface area contributed by atoms with Gasteiger partial charge in [-0.3, -0.25) is 4.57 Å². The molecule has 0 aliphatic carbocycles. The third kappa shape index (κ3) is 2.30. The first-order valence-electron chi connectivity index (χ1n) is 6.38. The summed E-state index contributed by atoms with van der Waals surface area (Å²) in [4.78, 5) is 6.40. The summed E-state index contributed by atoms with van der Waals surface area (Å²) in [5, 5.41) is 0.947. The van der Waals surface area contributed by atoms with E-state index in [1.807, 2.05) is 47.8 Å². The molecule has 0 spiro atoms. The van der Waals surface area contributed by atoms with Gasteiger partial charge in [0.2, 0.25) is 5.95 Å². The first-order valence-corrected chi connectivity index (χ1v) is 7.14. The number of nitrogen functional groups attached to an aromatic ring is 1. The zero-order chi connectivity index (χ0) is 15.1. The van der Waals surface area contributed by atoms with Crippen molar-refractivity contribution >= 4 is 45.9 Å². The molecule has 0 fully saturated rings. The smallest absolute Gasteiger partial charge is 0.206 e. The second-order valence-corrected chi connectivity index (χ2v) is 5.76. The van der Waals surface area contributed by atoms with Crippen LogP contribution in [0.15, 0.2) is 36.4 Å². The highest BCUT2D eigenvalue weighted by molar-refractivity contribution is 6.42. The van der Waals surface area contributed by atoms with E-state index >= 15 is 0 Å². The number of rotatable bonds is 2. The quantitative estimate of drug-likeness (QED) is 0.776. The van der Waals surface area contributed by atoms with Crippen LogP contribution in [0.2, 0.25) is 10.0 Å².